The summed E-state index contributed by atoms with van der Waals surface area (Å²) in [4.78, 5) is 5.12. The SMILES string of the molecule is CCNC1C(CN(C)C2CCN(C)CC2)CCC1(C)C. The zero-order valence-corrected chi connectivity index (χ0v) is 14.3. The van der Waals surface area contributed by atoms with E-state index >= 15 is 0 Å². The van der Waals surface area contributed by atoms with Gasteiger partial charge in [0.25, 0.3) is 0 Å². The van der Waals surface area contributed by atoms with Gasteiger partial charge in [0, 0.05) is 18.6 Å². The molecule has 3 nitrogen and oxygen atoms in total. The van der Waals surface area contributed by atoms with Gasteiger partial charge in [-0.25, -0.2) is 0 Å². The normalized spacial score (nSPS) is 32.1. The second-order valence-electron chi connectivity index (χ2n) is 7.80. The van der Waals surface area contributed by atoms with Gasteiger partial charge in [0.1, 0.15) is 0 Å². The first-order chi connectivity index (χ1) is 9.44. The van der Waals surface area contributed by atoms with Gasteiger partial charge in [-0.2, -0.15) is 0 Å². The van der Waals surface area contributed by atoms with Crippen molar-refractivity contribution in [1.29, 1.82) is 0 Å². The Morgan fingerprint density at radius 2 is 1.85 bits per heavy atom. The van der Waals surface area contributed by atoms with Gasteiger partial charge in [0.05, 0.1) is 0 Å². The molecule has 20 heavy (non-hydrogen) atoms. The summed E-state index contributed by atoms with van der Waals surface area (Å²) in [5, 5.41) is 3.77. The van der Waals surface area contributed by atoms with Crippen LogP contribution in [0.25, 0.3) is 0 Å². The highest BCUT2D eigenvalue weighted by Gasteiger charge is 2.41. The maximum absolute atomic E-state index is 3.77. The Balaban J connectivity index is 1.88. The van der Waals surface area contributed by atoms with Crippen molar-refractivity contribution in [2.75, 3.05) is 40.3 Å². The molecule has 2 fully saturated rings. The molecule has 0 aromatic carbocycles. The molecule has 0 aromatic rings. The average Bonchev–Trinajstić information content (AvgIpc) is 2.67. The number of rotatable bonds is 5. The predicted molar refractivity (Wildman–Crippen MR) is 87.1 cm³/mol. The van der Waals surface area contributed by atoms with Crippen LogP contribution in [0, 0.1) is 11.3 Å². The van der Waals surface area contributed by atoms with Crippen molar-refractivity contribution in [2.24, 2.45) is 11.3 Å². The summed E-state index contributed by atoms with van der Waals surface area (Å²) in [5.74, 6) is 0.828. The Kier molecular flexibility index (Phi) is 5.49. The third-order valence-electron chi connectivity index (χ3n) is 5.73. The lowest BCUT2D eigenvalue weighted by Crippen LogP contribution is -2.48. The van der Waals surface area contributed by atoms with Crippen molar-refractivity contribution in [3.63, 3.8) is 0 Å². The molecular weight excluding hydrogens is 246 g/mol. The van der Waals surface area contributed by atoms with E-state index < -0.39 is 0 Å². The second-order valence-corrected chi connectivity index (χ2v) is 7.80. The Morgan fingerprint density at radius 1 is 1.20 bits per heavy atom. The maximum atomic E-state index is 3.77. The first-order valence-corrected chi connectivity index (χ1v) is 8.56. The van der Waals surface area contributed by atoms with Gasteiger partial charge in [0.2, 0.25) is 0 Å². The predicted octanol–water partition coefficient (Wildman–Crippen LogP) is 2.43. The lowest BCUT2D eigenvalue weighted by molar-refractivity contribution is 0.118. The van der Waals surface area contributed by atoms with Gasteiger partial charge in [-0.1, -0.05) is 20.8 Å². The summed E-state index contributed by atoms with van der Waals surface area (Å²) in [6.45, 7) is 12.0. The summed E-state index contributed by atoms with van der Waals surface area (Å²) < 4.78 is 0. The fraction of sp³-hybridized carbons (Fsp3) is 1.00. The van der Waals surface area contributed by atoms with Gasteiger partial charge < -0.3 is 15.1 Å². The standard InChI is InChI=1S/C17H35N3/c1-6-18-16-14(7-10-17(16,2)3)13-20(5)15-8-11-19(4)12-9-15/h14-16,18H,6-13H2,1-5H3. The van der Waals surface area contributed by atoms with Gasteiger partial charge in [-0.15, -0.1) is 0 Å². The van der Waals surface area contributed by atoms with E-state index in [-0.39, 0.29) is 0 Å². The highest BCUT2D eigenvalue weighted by atomic mass is 15.2. The lowest BCUT2D eigenvalue weighted by atomic mass is 9.84. The van der Waals surface area contributed by atoms with Gasteiger partial charge in [0.15, 0.2) is 0 Å². The Labute approximate surface area is 126 Å². The van der Waals surface area contributed by atoms with Crippen LogP contribution in [0.1, 0.15) is 46.5 Å². The largest absolute Gasteiger partial charge is 0.313 e. The quantitative estimate of drug-likeness (QED) is 0.835. The zero-order chi connectivity index (χ0) is 14.8. The van der Waals surface area contributed by atoms with Crippen molar-refractivity contribution in [2.45, 2.75) is 58.5 Å². The molecule has 1 saturated heterocycles. The molecule has 2 atom stereocenters. The molecule has 0 radical (unpaired) electrons. The number of piperidine rings is 1. The average molecular weight is 281 g/mol. The number of nitrogens with zero attached hydrogens (tertiary/aromatic N) is 2. The van der Waals surface area contributed by atoms with Crippen LogP contribution in [-0.2, 0) is 0 Å². The topological polar surface area (TPSA) is 18.5 Å². The van der Waals surface area contributed by atoms with Crippen LogP contribution in [0.15, 0.2) is 0 Å². The molecule has 1 N–H and O–H groups in total. The smallest absolute Gasteiger partial charge is 0.0159 e. The molecule has 1 heterocycles. The molecule has 118 valence electrons. The van der Waals surface area contributed by atoms with E-state index in [2.05, 4.69) is 50.0 Å². The summed E-state index contributed by atoms with van der Waals surface area (Å²) in [6.07, 6.45) is 5.45. The third-order valence-corrected chi connectivity index (χ3v) is 5.73. The zero-order valence-electron chi connectivity index (χ0n) is 14.3. The second kappa shape index (κ2) is 6.76. The first-order valence-electron chi connectivity index (χ1n) is 8.56. The van der Waals surface area contributed by atoms with E-state index in [4.69, 9.17) is 0 Å². The van der Waals surface area contributed by atoms with Crippen LogP contribution in [0.5, 0.6) is 0 Å². The molecule has 2 unspecified atom stereocenters. The molecule has 0 spiro atoms. The highest BCUT2D eigenvalue weighted by molar-refractivity contribution is 4.97. The van der Waals surface area contributed by atoms with E-state index in [1.165, 1.54) is 45.3 Å². The van der Waals surface area contributed by atoms with Crippen molar-refractivity contribution in [3.8, 4) is 0 Å². The van der Waals surface area contributed by atoms with E-state index in [1.54, 1.807) is 0 Å². The number of likely N-dealkylation sites (tertiary alicyclic amines) is 1. The van der Waals surface area contributed by atoms with Crippen molar-refractivity contribution >= 4 is 0 Å². The minimum atomic E-state index is 0.467. The Hall–Kier alpha value is -0.120. The number of hydrogen-bond acceptors (Lipinski definition) is 3. The summed E-state index contributed by atoms with van der Waals surface area (Å²) in [5.41, 5.74) is 0.467. The molecule has 0 bridgehead atoms. The van der Waals surface area contributed by atoms with Crippen LogP contribution in [-0.4, -0.2) is 62.2 Å². The van der Waals surface area contributed by atoms with Crippen LogP contribution in [0.3, 0.4) is 0 Å². The number of nitrogens with one attached hydrogen (secondary N) is 1. The van der Waals surface area contributed by atoms with E-state index in [0.717, 1.165) is 18.5 Å². The summed E-state index contributed by atoms with van der Waals surface area (Å²) in [7, 11) is 4.60. The first kappa shape index (κ1) is 16.3. The highest BCUT2D eigenvalue weighted by Crippen LogP contribution is 2.41. The molecule has 1 aliphatic carbocycles. The van der Waals surface area contributed by atoms with Crippen LogP contribution < -0.4 is 5.32 Å². The molecule has 2 aliphatic rings. The fourth-order valence-corrected chi connectivity index (χ4v) is 4.33. The van der Waals surface area contributed by atoms with Crippen LogP contribution in [0.2, 0.25) is 0 Å². The Bertz CT molecular complexity index is 295. The molecule has 3 heteroatoms. The van der Waals surface area contributed by atoms with E-state index in [0.29, 0.717) is 11.5 Å². The van der Waals surface area contributed by atoms with Gasteiger partial charge >= 0.3 is 0 Å². The van der Waals surface area contributed by atoms with Crippen molar-refractivity contribution < 1.29 is 0 Å². The van der Waals surface area contributed by atoms with E-state index in [9.17, 15) is 0 Å². The Morgan fingerprint density at radius 3 is 2.45 bits per heavy atom. The lowest BCUT2D eigenvalue weighted by Gasteiger charge is -2.38. The monoisotopic (exact) mass is 281 g/mol. The molecular formula is C17H35N3. The van der Waals surface area contributed by atoms with Gasteiger partial charge in [-0.05, 0) is 70.7 Å². The third kappa shape index (κ3) is 3.75. The molecule has 1 aliphatic heterocycles. The number of hydrogen-bond donors (Lipinski definition) is 1. The summed E-state index contributed by atoms with van der Waals surface area (Å²) in [6, 6.07) is 1.50. The van der Waals surface area contributed by atoms with E-state index in [1.807, 2.05) is 0 Å². The molecule has 0 aromatic heterocycles. The van der Waals surface area contributed by atoms with Crippen LogP contribution >= 0.6 is 0 Å². The summed E-state index contributed by atoms with van der Waals surface area (Å²) >= 11 is 0. The minimum absolute atomic E-state index is 0.467. The molecule has 2 rings (SSSR count). The molecule has 1 saturated carbocycles. The molecule has 0 amide bonds. The fourth-order valence-electron chi connectivity index (χ4n) is 4.33. The van der Waals surface area contributed by atoms with Crippen molar-refractivity contribution in [3.05, 3.63) is 0 Å². The minimum Gasteiger partial charge on any atom is -0.313 e. The van der Waals surface area contributed by atoms with Crippen LogP contribution in [0.4, 0.5) is 0 Å². The van der Waals surface area contributed by atoms with Crippen molar-refractivity contribution in [1.82, 2.24) is 15.1 Å². The van der Waals surface area contributed by atoms with Gasteiger partial charge in [-0.3, -0.25) is 0 Å². The maximum Gasteiger partial charge on any atom is 0.0159 e.